The largest absolute Gasteiger partial charge is 0.466 e. The molecule has 0 aromatic heterocycles. The number of carbonyl (C=O) groups excluding carboxylic acids is 2. The molecule has 0 radical (unpaired) electrons. The quantitative estimate of drug-likeness (QED) is 0.0195. The lowest BCUT2D eigenvalue weighted by atomic mass is 9.99. The van der Waals surface area contributed by atoms with Crippen molar-refractivity contribution < 1.29 is 49.3 Å². The highest BCUT2D eigenvalue weighted by molar-refractivity contribution is 5.76. The molecular weight excluding hydrogens is 1000 g/mol. The summed E-state index contributed by atoms with van der Waals surface area (Å²) in [6.45, 7) is 4.35. The van der Waals surface area contributed by atoms with Crippen LogP contribution in [0.1, 0.15) is 341 Å². The lowest BCUT2D eigenvalue weighted by Crippen LogP contribution is -2.60. The standard InChI is InChI=1S/C69H131NO10/c1-3-5-7-9-11-13-15-36-39-43-47-51-55-62(72)61(60-79-69-68(77)67(76)66(75)63(59-71)80-69)70-64(73)56-52-48-44-40-37-33-31-29-27-25-23-21-19-17-16-18-20-22-24-26-28-30-32-34-38-42-46-50-54-58-78-65(74)57-53-49-45-41-35-14-12-10-8-6-4-2/h36,39,51,55,61-63,66-69,71-72,75-77H,3-35,37-38,40-50,52-54,56-60H2,1-2H3,(H,70,73)/b39-36+,55-51+. The van der Waals surface area contributed by atoms with Crippen molar-refractivity contribution in [3.05, 3.63) is 24.3 Å². The highest BCUT2D eigenvalue weighted by Gasteiger charge is 2.44. The first-order valence-corrected chi connectivity index (χ1v) is 34.6. The lowest BCUT2D eigenvalue weighted by molar-refractivity contribution is -0.302. The SMILES string of the molecule is CCCCCCCC/C=C/CC/C=C/C(O)C(COC1OC(CO)C(O)C(O)C1O)NC(=O)CCCCCCCCCCCCCCCCCCCCCCCCCCCCCCCOC(=O)CCCCCCCCCCCCC. The summed E-state index contributed by atoms with van der Waals surface area (Å²) in [4.78, 5) is 25.1. The van der Waals surface area contributed by atoms with Crippen molar-refractivity contribution in [2.45, 2.75) is 384 Å². The van der Waals surface area contributed by atoms with E-state index in [4.69, 9.17) is 14.2 Å². The Kier molecular flexibility index (Phi) is 56.1. The summed E-state index contributed by atoms with van der Waals surface area (Å²) in [6, 6.07) is -0.824. The Hall–Kier alpha value is -1.86. The number of rotatable bonds is 61. The second-order valence-corrected chi connectivity index (χ2v) is 24.2. The van der Waals surface area contributed by atoms with Gasteiger partial charge in [0.1, 0.15) is 24.4 Å². The van der Waals surface area contributed by atoms with Crippen LogP contribution in [0.2, 0.25) is 0 Å². The van der Waals surface area contributed by atoms with E-state index in [1.54, 1.807) is 6.08 Å². The Morgan fingerprint density at radius 2 is 0.812 bits per heavy atom. The molecule has 1 aliphatic heterocycles. The summed E-state index contributed by atoms with van der Waals surface area (Å²) in [5, 5.41) is 54.4. The Bertz CT molecular complexity index is 1380. The van der Waals surface area contributed by atoms with Gasteiger partial charge in [-0.1, -0.05) is 308 Å². The molecule has 7 atom stereocenters. The molecule has 0 saturated carbocycles. The fourth-order valence-corrected chi connectivity index (χ4v) is 11.1. The van der Waals surface area contributed by atoms with Gasteiger partial charge in [-0.3, -0.25) is 9.59 Å². The maximum atomic E-state index is 13.0. The Labute approximate surface area is 492 Å². The summed E-state index contributed by atoms with van der Waals surface area (Å²) in [6.07, 6.45) is 63.1. The van der Waals surface area contributed by atoms with Crippen molar-refractivity contribution in [1.29, 1.82) is 0 Å². The van der Waals surface area contributed by atoms with E-state index in [0.717, 1.165) is 51.4 Å². The number of unbranched alkanes of at least 4 members (excludes halogenated alkanes) is 45. The van der Waals surface area contributed by atoms with Crippen LogP contribution in [0.15, 0.2) is 24.3 Å². The number of aliphatic hydroxyl groups is 5. The molecule has 6 N–H and O–H groups in total. The lowest BCUT2D eigenvalue weighted by Gasteiger charge is -2.40. The van der Waals surface area contributed by atoms with Gasteiger partial charge in [0.2, 0.25) is 5.91 Å². The Morgan fingerprint density at radius 3 is 1.24 bits per heavy atom. The normalized spacial score (nSPS) is 18.4. The third-order valence-electron chi connectivity index (χ3n) is 16.6. The molecule has 1 aliphatic rings. The van der Waals surface area contributed by atoms with E-state index in [9.17, 15) is 35.1 Å². The number of aliphatic hydroxyl groups excluding tert-OH is 5. The van der Waals surface area contributed by atoms with E-state index in [1.807, 2.05) is 6.08 Å². The molecule has 1 saturated heterocycles. The fourth-order valence-electron chi connectivity index (χ4n) is 11.1. The number of ether oxygens (including phenoxy) is 3. The summed E-state index contributed by atoms with van der Waals surface area (Å²) in [5.41, 5.74) is 0. The molecule has 472 valence electrons. The van der Waals surface area contributed by atoms with E-state index in [1.165, 1.54) is 263 Å². The van der Waals surface area contributed by atoms with Crippen LogP contribution in [0.5, 0.6) is 0 Å². The zero-order valence-electron chi connectivity index (χ0n) is 52.3. The van der Waals surface area contributed by atoms with Gasteiger partial charge in [0.15, 0.2) is 6.29 Å². The van der Waals surface area contributed by atoms with Gasteiger partial charge in [0.25, 0.3) is 0 Å². The van der Waals surface area contributed by atoms with Gasteiger partial charge in [-0.2, -0.15) is 0 Å². The van der Waals surface area contributed by atoms with E-state index >= 15 is 0 Å². The summed E-state index contributed by atoms with van der Waals surface area (Å²) < 4.78 is 16.7. The topological polar surface area (TPSA) is 175 Å². The molecule has 11 heteroatoms. The molecule has 80 heavy (non-hydrogen) atoms. The number of hydrogen-bond acceptors (Lipinski definition) is 10. The maximum Gasteiger partial charge on any atom is 0.305 e. The smallest absolute Gasteiger partial charge is 0.305 e. The first-order chi connectivity index (χ1) is 39.2. The van der Waals surface area contributed by atoms with Gasteiger partial charge in [0.05, 0.1) is 32.0 Å². The summed E-state index contributed by atoms with van der Waals surface area (Å²) in [5.74, 6) is -0.177. The van der Waals surface area contributed by atoms with Gasteiger partial charge in [0, 0.05) is 12.8 Å². The molecular formula is C69H131NO10. The van der Waals surface area contributed by atoms with Crippen molar-refractivity contribution in [3.63, 3.8) is 0 Å². The number of allylic oxidation sites excluding steroid dienone is 3. The zero-order valence-corrected chi connectivity index (χ0v) is 52.3. The number of nitrogens with one attached hydrogen (secondary N) is 1. The fraction of sp³-hybridized carbons (Fsp3) is 0.913. The van der Waals surface area contributed by atoms with E-state index in [-0.39, 0.29) is 18.5 Å². The third kappa shape index (κ3) is 47.5. The molecule has 1 amide bonds. The minimum Gasteiger partial charge on any atom is -0.466 e. The molecule has 1 rings (SSSR count). The zero-order chi connectivity index (χ0) is 58.0. The van der Waals surface area contributed by atoms with Gasteiger partial charge in [-0.15, -0.1) is 0 Å². The first kappa shape index (κ1) is 76.2. The average molecular weight is 1130 g/mol. The maximum absolute atomic E-state index is 13.0. The van der Waals surface area contributed by atoms with Crippen LogP contribution in [-0.2, 0) is 23.8 Å². The molecule has 0 spiro atoms. The second-order valence-electron chi connectivity index (χ2n) is 24.2. The van der Waals surface area contributed by atoms with Crippen molar-refractivity contribution in [2.24, 2.45) is 0 Å². The monoisotopic (exact) mass is 1130 g/mol. The highest BCUT2D eigenvalue weighted by Crippen LogP contribution is 2.23. The van der Waals surface area contributed by atoms with Gasteiger partial charge in [-0.05, 0) is 44.9 Å². The van der Waals surface area contributed by atoms with Gasteiger partial charge >= 0.3 is 5.97 Å². The molecule has 1 fully saturated rings. The third-order valence-corrected chi connectivity index (χ3v) is 16.6. The number of amides is 1. The van der Waals surface area contributed by atoms with Gasteiger partial charge in [-0.25, -0.2) is 0 Å². The minimum atomic E-state index is -1.57. The average Bonchev–Trinajstić information content (AvgIpc) is 3.46. The molecule has 0 aromatic carbocycles. The van der Waals surface area contributed by atoms with Crippen molar-refractivity contribution in [2.75, 3.05) is 19.8 Å². The summed E-state index contributed by atoms with van der Waals surface area (Å²) in [7, 11) is 0. The number of carbonyl (C=O) groups is 2. The second kappa shape index (κ2) is 58.9. The molecule has 0 bridgehead atoms. The molecule has 1 heterocycles. The molecule has 0 aliphatic carbocycles. The summed E-state index contributed by atoms with van der Waals surface area (Å²) >= 11 is 0. The van der Waals surface area contributed by atoms with Crippen LogP contribution >= 0.6 is 0 Å². The molecule has 7 unspecified atom stereocenters. The number of esters is 1. The van der Waals surface area contributed by atoms with Crippen molar-refractivity contribution in [1.82, 2.24) is 5.32 Å². The van der Waals surface area contributed by atoms with Crippen molar-refractivity contribution >= 4 is 11.9 Å². The van der Waals surface area contributed by atoms with Crippen LogP contribution in [0.4, 0.5) is 0 Å². The minimum absolute atomic E-state index is 0.0106. The first-order valence-electron chi connectivity index (χ1n) is 34.6. The van der Waals surface area contributed by atoms with Crippen LogP contribution in [0.25, 0.3) is 0 Å². The highest BCUT2D eigenvalue weighted by atomic mass is 16.7. The molecule has 0 aromatic rings. The van der Waals surface area contributed by atoms with Crippen LogP contribution in [0.3, 0.4) is 0 Å². The van der Waals surface area contributed by atoms with Crippen LogP contribution in [0, 0.1) is 0 Å². The van der Waals surface area contributed by atoms with Crippen LogP contribution in [-0.4, -0.2) is 100 Å². The van der Waals surface area contributed by atoms with Crippen LogP contribution < -0.4 is 5.32 Å². The predicted molar refractivity (Wildman–Crippen MR) is 334 cm³/mol. The van der Waals surface area contributed by atoms with E-state index in [0.29, 0.717) is 19.4 Å². The molecule has 11 nitrogen and oxygen atoms in total. The van der Waals surface area contributed by atoms with Crippen molar-refractivity contribution in [3.8, 4) is 0 Å². The van der Waals surface area contributed by atoms with Gasteiger partial charge < -0.3 is 45.1 Å². The van der Waals surface area contributed by atoms with E-state index < -0.39 is 49.5 Å². The van der Waals surface area contributed by atoms with E-state index in [2.05, 4.69) is 31.3 Å². The predicted octanol–water partition coefficient (Wildman–Crippen LogP) is 17.2. The Balaban J connectivity index is 1.96. The Morgan fingerprint density at radius 1 is 0.450 bits per heavy atom. The number of hydrogen-bond donors (Lipinski definition) is 6.